The van der Waals surface area contributed by atoms with Crippen LogP contribution < -0.4 is 5.32 Å². The molecule has 1 rings (SSSR count). The molecule has 1 aromatic carbocycles. The minimum absolute atomic E-state index is 0. The summed E-state index contributed by atoms with van der Waals surface area (Å²) in [4.78, 5) is 23.7. The highest BCUT2D eigenvalue weighted by Gasteiger charge is 2.34. The van der Waals surface area contributed by atoms with E-state index in [1.165, 1.54) is 24.9 Å². The van der Waals surface area contributed by atoms with Gasteiger partial charge in [0.1, 0.15) is 6.04 Å². The highest BCUT2D eigenvalue weighted by molar-refractivity contribution is 6.30. The molecule has 0 radical (unpaired) electrons. The van der Waals surface area contributed by atoms with Gasteiger partial charge in [-0.25, -0.2) is 0 Å². The van der Waals surface area contributed by atoms with Crippen molar-refractivity contribution in [2.75, 3.05) is 18.9 Å². The third-order valence-electron chi connectivity index (χ3n) is 2.97. The summed E-state index contributed by atoms with van der Waals surface area (Å²) in [5, 5.41) is 10.8. The normalized spacial score (nSPS) is 12.5. The van der Waals surface area contributed by atoms with Gasteiger partial charge in [-0.2, -0.15) is 13.2 Å². The van der Waals surface area contributed by atoms with Crippen molar-refractivity contribution in [3.63, 3.8) is 0 Å². The van der Waals surface area contributed by atoms with E-state index in [4.69, 9.17) is 16.7 Å². The van der Waals surface area contributed by atoms with Gasteiger partial charge in [0.2, 0.25) is 5.91 Å². The first-order valence-electron chi connectivity index (χ1n) is 6.12. The topological polar surface area (TPSA) is 69.6 Å². The lowest BCUT2D eigenvalue weighted by molar-refractivity contribution is -0.142. The Hall–Kier alpha value is -1.51. The quantitative estimate of drug-likeness (QED) is 0.830. The van der Waals surface area contributed by atoms with E-state index in [0.717, 1.165) is 6.07 Å². The van der Waals surface area contributed by atoms with E-state index in [-0.39, 0.29) is 24.0 Å². The van der Waals surface area contributed by atoms with Crippen molar-refractivity contribution in [1.29, 1.82) is 0 Å². The lowest BCUT2D eigenvalue weighted by Gasteiger charge is -2.21. The molecule has 0 aromatic heterocycles. The second kappa shape index (κ2) is 8.37. The molecule has 0 fully saturated rings. The molecule has 1 aromatic rings. The number of nitrogens with zero attached hydrogens (tertiary/aromatic N) is 1. The van der Waals surface area contributed by atoms with Gasteiger partial charge in [0, 0.05) is 5.02 Å². The molecule has 130 valence electrons. The first kappa shape index (κ1) is 21.5. The second-order valence-corrected chi connectivity index (χ2v) is 5.10. The van der Waals surface area contributed by atoms with E-state index in [9.17, 15) is 22.8 Å². The number of amides is 1. The summed E-state index contributed by atoms with van der Waals surface area (Å²) in [6, 6.07) is 2.03. The van der Waals surface area contributed by atoms with Crippen LogP contribution in [0.15, 0.2) is 18.2 Å². The van der Waals surface area contributed by atoms with E-state index in [1.54, 1.807) is 0 Å². The molecule has 2 N–H and O–H groups in total. The Balaban J connectivity index is 0.00000484. The second-order valence-electron chi connectivity index (χ2n) is 4.67. The Kier molecular flexibility index (Phi) is 7.82. The number of likely N-dealkylation sites (N-methyl/N-ethyl adjacent to an activating group) is 1. The fourth-order valence-corrected chi connectivity index (χ4v) is 1.77. The molecule has 0 saturated heterocycles. The fraction of sp³-hybridized carbons (Fsp3) is 0.385. The van der Waals surface area contributed by atoms with E-state index in [0.29, 0.717) is 6.07 Å². The van der Waals surface area contributed by atoms with Gasteiger partial charge < -0.3 is 10.4 Å². The number of anilines is 1. The predicted molar refractivity (Wildman–Crippen MR) is 82.1 cm³/mol. The maximum atomic E-state index is 12.9. The third-order valence-corrected chi connectivity index (χ3v) is 3.21. The van der Waals surface area contributed by atoms with Crippen molar-refractivity contribution in [1.82, 2.24) is 4.90 Å². The van der Waals surface area contributed by atoms with Crippen LogP contribution in [0.1, 0.15) is 12.5 Å². The Morgan fingerprint density at radius 1 is 1.39 bits per heavy atom. The van der Waals surface area contributed by atoms with Crippen LogP contribution in [0.25, 0.3) is 0 Å². The highest BCUT2D eigenvalue weighted by atomic mass is 35.5. The molecule has 0 aliphatic rings. The van der Waals surface area contributed by atoms with Gasteiger partial charge in [0.15, 0.2) is 0 Å². The number of aliphatic carboxylic acids is 1. The third kappa shape index (κ3) is 6.25. The van der Waals surface area contributed by atoms with Gasteiger partial charge in [0.05, 0.1) is 17.8 Å². The molecule has 0 spiro atoms. The van der Waals surface area contributed by atoms with Gasteiger partial charge in [-0.1, -0.05) is 11.6 Å². The van der Waals surface area contributed by atoms with Gasteiger partial charge in [-0.15, -0.1) is 12.4 Å². The van der Waals surface area contributed by atoms with Crippen molar-refractivity contribution >= 4 is 41.6 Å². The number of benzene rings is 1. The summed E-state index contributed by atoms with van der Waals surface area (Å²) < 4.78 is 38.6. The molecular formula is C13H15Cl2F3N2O3. The average molecular weight is 375 g/mol. The number of carbonyl (C=O) groups is 2. The van der Waals surface area contributed by atoms with Gasteiger partial charge in [-0.3, -0.25) is 14.5 Å². The van der Waals surface area contributed by atoms with Gasteiger partial charge in [0.25, 0.3) is 0 Å². The van der Waals surface area contributed by atoms with E-state index in [1.807, 2.05) is 0 Å². The Morgan fingerprint density at radius 2 is 1.96 bits per heavy atom. The minimum Gasteiger partial charge on any atom is -0.480 e. The molecule has 0 heterocycles. The molecule has 0 aliphatic carbocycles. The van der Waals surface area contributed by atoms with Crippen LogP contribution in [0.2, 0.25) is 5.02 Å². The molecule has 23 heavy (non-hydrogen) atoms. The van der Waals surface area contributed by atoms with Crippen LogP contribution in [0.3, 0.4) is 0 Å². The molecule has 0 bridgehead atoms. The first-order valence-corrected chi connectivity index (χ1v) is 6.50. The zero-order chi connectivity index (χ0) is 17.1. The number of nitrogens with one attached hydrogen (secondary N) is 1. The number of carbonyl (C=O) groups excluding carboxylic acids is 1. The highest BCUT2D eigenvalue weighted by Crippen LogP contribution is 2.36. The number of hydrogen-bond donors (Lipinski definition) is 2. The van der Waals surface area contributed by atoms with Crippen LogP contribution in [0.4, 0.5) is 18.9 Å². The Morgan fingerprint density at radius 3 is 2.43 bits per heavy atom. The minimum atomic E-state index is -4.67. The molecule has 1 atom stereocenters. The Bertz CT molecular complexity index is 582. The summed E-state index contributed by atoms with van der Waals surface area (Å²) in [6.07, 6.45) is -4.67. The number of hydrogen-bond acceptors (Lipinski definition) is 3. The zero-order valence-corrected chi connectivity index (χ0v) is 13.7. The lowest BCUT2D eigenvalue weighted by atomic mass is 10.1. The monoisotopic (exact) mass is 374 g/mol. The zero-order valence-electron chi connectivity index (χ0n) is 12.1. The smallest absolute Gasteiger partial charge is 0.418 e. The lowest BCUT2D eigenvalue weighted by Crippen LogP contribution is -2.40. The number of rotatable bonds is 5. The summed E-state index contributed by atoms with van der Waals surface area (Å²) in [5.74, 6) is -1.90. The SMILES string of the molecule is CC(C(=O)O)N(C)CC(=O)Nc1ccc(Cl)cc1C(F)(F)F.Cl. The predicted octanol–water partition coefficient (Wildman–Crippen LogP) is 3.12. The number of carboxylic acids is 1. The van der Waals surface area contributed by atoms with Crippen LogP contribution in [-0.2, 0) is 15.8 Å². The number of alkyl halides is 3. The van der Waals surface area contributed by atoms with Gasteiger partial charge >= 0.3 is 12.1 Å². The van der Waals surface area contributed by atoms with E-state index >= 15 is 0 Å². The summed E-state index contributed by atoms with van der Waals surface area (Å²) in [6.45, 7) is 0.992. The van der Waals surface area contributed by atoms with Crippen molar-refractivity contribution in [2.24, 2.45) is 0 Å². The van der Waals surface area contributed by atoms with Crippen molar-refractivity contribution in [2.45, 2.75) is 19.1 Å². The molecule has 1 amide bonds. The maximum Gasteiger partial charge on any atom is 0.418 e. The summed E-state index contributed by atoms with van der Waals surface area (Å²) in [7, 11) is 1.38. The standard InChI is InChI=1S/C13H14ClF3N2O3.ClH/c1-7(12(21)22)19(2)6-11(20)18-10-4-3-8(14)5-9(10)13(15,16)17;/h3-5,7H,6H2,1-2H3,(H,18,20)(H,21,22);1H. The Labute approximate surface area is 141 Å². The molecule has 10 heteroatoms. The number of halogens is 5. The molecular weight excluding hydrogens is 360 g/mol. The van der Waals surface area contributed by atoms with E-state index in [2.05, 4.69) is 5.32 Å². The summed E-state index contributed by atoms with van der Waals surface area (Å²) in [5.41, 5.74) is -1.50. The molecule has 1 unspecified atom stereocenters. The van der Waals surface area contributed by atoms with Crippen LogP contribution >= 0.6 is 24.0 Å². The van der Waals surface area contributed by atoms with Crippen LogP contribution in [0.5, 0.6) is 0 Å². The molecule has 5 nitrogen and oxygen atoms in total. The first-order chi connectivity index (χ1) is 10.0. The summed E-state index contributed by atoms with van der Waals surface area (Å²) >= 11 is 5.53. The van der Waals surface area contributed by atoms with Crippen LogP contribution in [0, 0.1) is 0 Å². The van der Waals surface area contributed by atoms with Crippen molar-refractivity contribution < 1.29 is 27.9 Å². The average Bonchev–Trinajstić information content (AvgIpc) is 2.38. The maximum absolute atomic E-state index is 12.9. The number of carboxylic acid groups (broad SMARTS) is 1. The van der Waals surface area contributed by atoms with Crippen LogP contribution in [-0.4, -0.2) is 41.5 Å². The fourth-order valence-electron chi connectivity index (χ4n) is 1.60. The molecule has 0 saturated carbocycles. The molecule has 0 aliphatic heterocycles. The van der Waals surface area contributed by atoms with Crippen molar-refractivity contribution in [3.05, 3.63) is 28.8 Å². The van der Waals surface area contributed by atoms with Gasteiger partial charge in [-0.05, 0) is 32.2 Å². The van der Waals surface area contributed by atoms with E-state index < -0.39 is 35.3 Å². The largest absolute Gasteiger partial charge is 0.480 e. The van der Waals surface area contributed by atoms with Crippen molar-refractivity contribution in [3.8, 4) is 0 Å².